The highest BCUT2D eigenvalue weighted by Crippen LogP contribution is 2.31. The molecule has 0 aromatic heterocycles. The van der Waals surface area contributed by atoms with Gasteiger partial charge < -0.3 is 9.64 Å². The molecule has 0 radical (unpaired) electrons. The summed E-state index contributed by atoms with van der Waals surface area (Å²) in [6.07, 6.45) is 5.20. The molecule has 35 heavy (non-hydrogen) atoms. The summed E-state index contributed by atoms with van der Waals surface area (Å²) in [5.41, 5.74) is 1.35. The van der Waals surface area contributed by atoms with Crippen molar-refractivity contribution in [2.45, 2.75) is 57.9 Å². The minimum absolute atomic E-state index is 0.0510. The van der Waals surface area contributed by atoms with Gasteiger partial charge in [0, 0.05) is 24.4 Å². The van der Waals surface area contributed by atoms with Crippen LogP contribution >= 0.6 is 11.6 Å². The topological polar surface area (TPSA) is 84.0 Å². The second kappa shape index (κ2) is 11.0. The number of ether oxygens (including phenoxy) is 1. The third-order valence-corrected chi connectivity index (χ3v) is 6.86. The zero-order chi connectivity index (χ0) is 24.9. The van der Waals surface area contributed by atoms with E-state index in [1.807, 2.05) is 18.2 Å². The maximum absolute atomic E-state index is 13.6. The Morgan fingerprint density at radius 1 is 1.06 bits per heavy atom. The van der Waals surface area contributed by atoms with E-state index in [1.165, 1.54) is 19.1 Å². The Hall–Kier alpha value is -3.19. The van der Waals surface area contributed by atoms with Crippen LogP contribution in [-0.4, -0.2) is 41.2 Å². The number of amides is 3. The molecular formula is C27H29ClN2O5. The Balaban J connectivity index is 1.55. The van der Waals surface area contributed by atoms with Gasteiger partial charge >= 0.3 is 5.97 Å². The van der Waals surface area contributed by atoms with Gasteiger partial charge in [0.2, 0.25) is 11.8 Å². The fourth-order valence-electron chi connectivity index (χ4n) is 4.91. The predicted octanol–water partition coefficient (Wildman–Crippen LogP) is 4.55. The standard InChI is InChI=1S/C27H29ClN2O5/c1-18(31)35-23-12-10-22(11-13-23)30-25(32)17-24(27(30)34)29(26(33)20-7-3-2-4-8-20)15-14-19-6-5-9-21(28)16-19/h5-6,9-13,16,20,24H,2-4,7-8,14-15,17H2,1H3. The van der Waals surface area contributed by atoms with Gasteiger partial charge in [0.1, 0.15) is 11.8 Å². The lowest BCUT2D eigenvalue weighted by molar-refractivity contribution is -0.142. The van der Waals surface area contributed by atoms with E-state index in [0.29, 0.717) is 29.4 Å². The summed E-state index contributed by atoms with van der Waals surface area (Å²) in [4.78, 5) is 53.9. The van der Waals surface area contributed by atoms with Crippen LogP contribution in [0.5, 0.6) is 5.75 Å². The number of hydrogen-bond acceptors (Lipinski definition) is 5. The number of carbonyl (C=O) groups is 4. The molecule has 0 N–H and O–H groups in total. The number of carbonyl (C=O) groups excluding carboxylic acids is 4. The van der Waals surface area contributed by atoms with Crippen LogP contribution in [0.15, 0.2) is 48.5 Å². The number of hydrogen-bond donors (Lipinski definition) is 0. The van der Waals surface area contributed by atoms with Crippen LogP contribution in [0.1, 0.15) is 51.0 Å². The van der Waals surface area contributed by atoms with Crippen LogP contribution in [0.3, 0.4) is 0 Å². The van der Waals surface area contributed by atoms with Crippen LogP contribution in [-0.2, 0) is 25.6 Å². The van der Waals surface area contributed by atoms with Crippen molar-refractivity contribution in [1.29, 1.82) is 0 Å². The molecule has 4 rings (SSSR count). The van der Waals surface area contributed by atoms with Crippen molar-refractivity contribution in [3.05, 3.63) is 59.1 Å². The van der Waals surface area contributed by atoms with Gasteiger partial charge in [-0.2, -0.15) is 0 Å². The molecule has 1 heterocycles. The maximum atomic E-state index is 13.6. The molecule has 184 valence electrons. The Bertz CT molecular complexity index is 1110. The van der Waals surface area contributed by atoms with Crippen molar-refractivity contribution in [3.63, 3.8) is 0 Å². The third-order valence-electron chi connectivity index (χ3n) is 6.62. The molecule has 0 spiro atoms. The number of anilines is 1. The van der Waals surface area contributed by atoms with Crippen molar-refractivity contribution in [2.24, 2.45) is 5.92 Å². The lowest BCUT2D eigenvalue weighted by Gasteiger charge is -2.32. The molecule has 1 unspecified atom stereocenters. The zero-order valence-electron chi connectivity index (χ0n) is 19.7. The first-order valence-corrected chi connectivity index (χ1v) is 12.4. The molecule has 2 aromatic rings. The van der Waals surface area contributed by atoms with Crippen LogP contribution in [0.2, 0.25) is 5.02 Å². The Morgan fingerprint density at radius 2 is 1.77 bits per heavy atom. The number of rotatable bonds is 7. The summed E-state index contributed by atoms with van der Waals surface area (Å²) < 4.78 is 5.04. The number of nitrogens with zero attached hydrogens (tertiary/aromatic N) is 2. The molecule has 1 saturated carbocycles. The monoisotopic (exact) mass is 496 g/mol. The Labute approximate surface area is 210 Å². The van der Waals surface area contributed by atoms with Crippen LogP contribution in [0, 0.1) is 5.92 Å². The molecule has 1 aliphatic heterocycles. The van der Waals surface area contributed by atoms with E-state index in [2.05, 4.69) is 0 Å². The highest BCUT2D eigenvalue weighted by Gasteiger charge is 2.45. The van der Waals surface area contributed by atoms with E-state index in [0.717, 1.165) is 42.6 Å². The molecule has 2 aliphatic rings. The van der Waals surface area contributed by atoms with E-state index in [9.17, 15) is 19.2 Å². The number of halogens is 1. The highest BCUT2D eigenvalue weighted by molar-refractivity contribution is 6.30. The fourth-order valence-corrected chi connectivity index (χ4v) is 5.12. The average molecular weight is 497 g/mol. The molecule has 3 amide bonds. The van der Waals surface area contributed by atoms with Crippen LogP contribution < -0.4 is 9.64 Å². The molecule has 7 nitrogen and oxygen atoms in total. The van der Waals surface area contributed by atoms with E-state index in [-0.39, 0.29) is 24.2 Å². The highest BCUT2D eigenvalue weighted by atomic mass is 35.5. The van der Waals surface area contributed by atoms with Crippen LogP contribution in [0.4, 0.5) is 5.69 Å². The quantitative estimate of drug-likeness (QED) is 0.319. The molecule has 1 saturated heterocycles. The van der Waals surface area contributed by atoms with E-state index >= 15 is 0 Å². The number of imide groups is 1. The van der Waals surface area contributed by atoms with Crippen molar-refractivity contribution in [2.75, 3.05) is 11.4 Å². The number of benzene rings is 2. The predicted molar refractivity (Wildman–Crippen MR) is 132 cm³/mol. The number of esters is 1. The second-order valence-corrected chi connectivity index (χ2v) is 9.56. The third kappa shape index (κ3) is 5.90. The molecule has 2 aromatic carbocycles. The molecule has 1 aliphatic carbocycles. The smallest absolute Gasteiger partial charge is 0.308 e. The average Bonchev–Trinajstić information content (AvgIpc) is 3.13. The lowest BCUT2D eigenvalue weighted by atomic mass is 9.87. The summed E-state index contributed by atoms with van der Waals surface area (Å²) in [6, 6.07) is 12.8. The van der Waals surface area contributed by atoms with Gasteiger partial charge in [0.25, 0.3) is 5.91 Å². The second-order valence-electron chi connectivity index (χ2n) is 9.12. The van der Waals surface area contributed by atoms with Gasteiger partial charge in [-0.25, -0.2) is 4.90 Å². The summed E-state index contributed by atoms with van der Waals surface area (Å²) in [5.74, 6) is -1.07. The first-order chi connectivity index (χ1) is 16.8. The van der Waals surface area contributed by atoms with Gasteiger partial charge in [-0.1, -0.05) is 43.0 Å². The first kappa shape index (κ1) is 24.9. The molecule has 2 fully saturated rings. The van der Waals surface area contributed by atoms with Crippen molar-refractivity contribution < 1.29 is 23.9 Å². The van der Waals surface area contributed by atoms with E-state index in [4.69, 9.17) is 16.3 Å². The zero-order valence-corrected chi connectivity index (χ0v) is 20.5. The largest absolute Gasteiger partial charge is 0.427 e. The SMILES string of the molecule is CC(=O)Oc1ccc(N2C(=O)CC(N(CCc3cccc(Cl)c3)C(=O)C3CCCCC3)C2=O)cc1. The first-order valence-electron chi connectivity index (χ1n) is 12.0. The summed E-state index contributed by atoms with van der Waals surface area (Å²) in [5, 5.41) is 0.614. The fraction of sp³-hybridized carbons (Fsp3) is 0.407. The van der Waals surface area contributed by atoms with Gasteiger partial charge in [0.05, 0.1) is 12.1 Å². The molecule has 8 heteroatoms. The van der Waals surface area contributed by atoms with Crippen molar-refractivity contribution in [1.82, 2.24) is 4.90 Å². The molecule has 1 atom stereocenters. The Morgan fingerprint density at radius 3 is 2.43 bits per heavy atom. The van der Waals surface area contributed by atoms with Crippen molar-refractivity contribution in [3.8, 4) is 5.75 Å². The minimum atomic E-state index is -0.843. The van der Waals surface area contributed by atoms with E-state index < -0.39 is 17.9 Å². The normalized spacial score (nSPS) is 18.6. The summed E-state index contributed by atoms with van der Waals surface area (Å²) in [7, 11) is 0. The van der Waals surface area contributed by atoms with E-state index in [1.54, 1.807) is 23.1 Å². The summed E-state index contributed by atoms with van der Waals surface area (Å²) in [6.45, 7) is 1.63. The van der Waals surface area contributed by atoms with Gasteiger partial charge in [-0.15, -0.1) is 0 Å². The van der Waals surface area contributed by atoms with Gasteiger partial charge in [-0.05, 0) is 61.2 Å². The minimum Gasteiger partial charge on any atom is -0.427 e. The van der Waals surface area contributed by atoms with Gasteiger partial charge in [-0.3, -0.25) is 19.2 Å². The van der Waals surface area contributed by atoms with Crippen LogP contribution in [0.25, 0.3) is 0 Å². The molecule has 0 bridgehead atoms. The molecular weight excluding hydrogens is 468 g/mol. The Kier molecular flexibility index (Phi) is 7.86. The van der Waals surface area contributed by atoms with Gasteiger partial charge in [0.15, 0.2) is 0 Å². The summed E-state index contributed by atoms with van der Waals surface area (Å²) >= 11 is 6.13. The lowest BCUT2D eigenvalue weighted by Crippen LogP contribution is -2.48. The maximum Gasteiger partial charge on any atom is 0.308 e. The van der Waals surface area contributed by atoms with Crippen molar-refractivity contribution >= 4 is 41.0 Å².